The lowest BCUT2D eigenvalue weighted by Crippen LogP contribution is -2.12. The van der Waals surface area contributed by atoms with Crippen LogP contribution in [0.1, 0.15) is 27.9 Å². The van der Waals surface area contributed by atoms with Gasteiger partial charge in [0.2, 0.25) is 0 Å². The zero-order chi connectivity index (χ0) is 18.3. The standard InChI is InChI=1S/C15H12N4O6/c1-3-18-9-5-4-7(19(23)24)6-8(9)10-11(15(22)25-2)16-17-12(13(10)18)14(20)21/h4-6H,3H2,1-2H3,(H,20,21). The lowest BCUT2D eigenvalue weighted by atomic mass is 10.1. The molecule has 0 radical (unpaired) electrons. The molecule has 0 bridgehead atoms. The highest BCUT2D eigenvalue weighted by Crippen LogP contribution is 2.34. The van der Waals surface area contributed by atoms with E-state index in [-0.39, 0.29) is 28.0 Å². The van der Waals surface area contributed by atoms with Gasteiger partial charge >= 0.3 is 11.9 Å². The number of nitrogens with zero attached hydrogens (tertiary/aromatic N) is 4. The molecule has 2 aromatic heterocycles. The van der Waals surface area contributed by atoms with Crippen molar-refractivity contribution in [3.05, 3.63) is 39.7 Å². The molecule has 1 N–H and O–H groups in total. The van der Waals surface area contributed by atoms with Crippen LogP contribution in [0.2, 0.25) is 0 Å². The lowest BCUT2D eigenvalue weighted by Gasteiger charge is -2.06. The van der Waals surface area contributed by atoms with Crippen molar-refractivity contribution in [3.8, 4) is 0 Å². The first kappa shape index (κ1) is 16.3. The fraction of sp³-hybridized carbons (Fsp3) is 0.200. The van der Waals surface area contributed by atoms with Gasteiger partial charge in [0.05, 0.1) is 17.5 Å². The van der Waals surface area contributed by atoms with E-state index in [0.717, 1.165) is 7.11 Å². The molecule has 3 aromatic rings. The molecule has 1 aromatic carbocycles. The zero-order valence-corrected chi connectivity index (χ0v) is 13.2. The summed E-state index contributed by atoms with van der Waals surface area (Å²) in [6.07, 6.45) is 0. The number of rotatable bonds is 4. The van der Waals surface area contributed by atoms with Gasteiger partial charge in [0, 0.05) is 35.0 Å². The van der Waals surface area contributed by atoms with E-state index in [4.69, 9.17) is 0 Å². The molecule has 0 aliphatic rings. The van der Waals surface area contributed by atoms with E-state index in [0.29, 0.717) is 17.4 Å². The van der Waals surface area contributed by atoms with Crippen molar-refractivity contribution >= 4 is 39.4 Å². The first-order chi connectivity index (χ1) is 11.9. The summed E-state index contributed by atoms with van der Waals surface area (Å²) in [5.41, 5.74) is -0.0258. The van der Waals surface area contributed by atoms with E-state index >= 15 is 0 Å². The third kappa shape index (κ3) is 2.35. The average molecular weight is 344 g/mol. The minimum absolute atomic E-state index is 0.166. The van der Waals surface area contributed by atoms with Gasteiger partial charge in [0.15, 0.2) is 11.4 Å². The van der Waals surface area contributed by atoms with Crippen molar-refractivity contribution in [2.24, 2.45) is 0 Å². The summed E-state index contributed by atoms with van der Waals surface area (Å²) in [6.45, 7) is 2.15. The highest BCUT2D eigenvalue weighted by molar-refractivity contribution is 6.19. The molecule has 10 heteroatoms. The van der Waals surface area contributed by atoms with Crippen LogP contribution in [0.15, 0.2) is 18.2 Å². The molecular weight excluding hydrogens is 332 g/mol. The first-order valence-corrected chi connectivity index (χ1v) is 7.19. The smallest absolute Gasteiger partial charge is 0.359 e. The maximum atomic E-state index is 12.1. The summed E-state index contributed by atoms with van der Waals surface area (Å²) < 4.78 is 6.31. The van der Waals surface area contributed by atoms with Crippen molar-refractivity contribution in [2.45, 2.75) is 13.5 Å². The number of carbonyl (C=O) groups excluding carboxylic acids is 1. The van der Waals surface area contributed by atoms with Crippen LogP contribution in [0.4, 0.5) is 5.69 Å². The minimum Gasteiger partial charge on any atom is -0.476 e. The minimum atomic E-state index is -1.32. The number of aromatic nitrogens is 3. The van der Waals surface area contributed by atoms with E-state index in [9.17, 15) is 24.8 Å². The van der Waals surface area contributed by atoms with Gasteiger partial charge in [0.25, 0.3) is 5.69 Å². The predicted octanol–water partition coefficient (Wildman–Crippen LogP) is 2.00. The Kier molecular flexibility index (Phi) is 3.79. The van der Waals surface area contributed by atoms with Crippen LogP contribution < -0.4 is 0 Å². The van der Waals surface area contributed by atoms with Gasteiger partial charge in [-0.3, -0.25) is 10.1 Å². The Labute approximate surface area is 139 Å². The van der Waals surface area contributed by atoms with E-state index in [2.05, 4.69) is 14.9 Å². The Bertz CT molecular complexity index is 1060. The number of methoxy groups -OCH3 is 1. The van der Waals surface area contributed by atoms with Gasteiger partial charge in [0.1, 0.15) is 0 Å². The van der Waals surface area contributed by atoms with Crippen molar-refractivity contribution < 1.29 is 24.4 Å². The van der Waals surface area contributed by atoms with Crippen molar-refractivity contribution in [3.63, 3.8) is 0 Å². The molecule has 0 aliphatic heterocycles. The lowest BCUT2D eigenvalue weighted by molar-refractivity contribution is -0.384. The summed E-state index contributed by atoms with van der Waals surface area (Å²) >= 11 is 0. The van der Waals surface area contributed by atoms with Gasteiger partial charge in [-0.25, -0.2) is 9.59 Å². The summed E-state index contributed by atoms with van der Waals surface area (Å²) in [5, 5.41) is 28.3. The number of carboxylic acid groups (broad SMARTS) is 1. The Hall–Kier alpha value is -3.56. The van der Waals surface area contributed by atoms with Gasteiger partial charge in [-0.15, -0.1) is 10.2 Å². The van der Waals surface area contributed by atoms with Gasteiger partial charge in [-0.05, 0) is 13.0 Å². The second-order valence-corrected chi connectivity index (χ2v) is 5.12. The third-order valence-corrected chi connectivity index (χ3v) is 3.87. The Balaban J connectivity index is 2.60. The number of aromatic carboxylic acids is 1. The third-order valence-electron chi connectivity index (χ3n) is 3.87. The quantitative estimate of drug-likeness (QED) is 0.431. The zero-order valence-electron chi connectivity index (χ0n) is 13.2. The number of esters is 1. The Morgan fingerprint density at radius 1 is 1.32 bits per heavy atom. The maximum absolute atomic E-state index is 12.1. The fourth-order valence-electron chi connectivity index (χ4n) is 2.85. The molecule has 10 nitrogen and oxygen atoms in total. The van der Waals surface area contributed by atoms with Crippen molar-refractivity contribution in [1.82, 2.24) is 14.8 Å². The second kappa shape index (κ2) is 5.82. The molecule has 0 unspecified atom stereocenters. The number of hydrogen-bond acceptors (Lipinski definition) is 7. The number of carbonyl (C=O) groups is 2. The topological polar surface area (TPSA) is 137 Å². The van der Waals surface area contributed by atoms with Crippen LogP contribution >= 0.6 is 0 Å². The van der Waals surface area contributed by atoms with Crippen LogP contribution in [0, 0.1) is 10.1 Å². The molecule has 0 aliphatic carbocycles. The number of nitro benzene ring substituents is 1. The normalized spacial score (nSPS) is 11.0. The molecule has 0 saturated carbocycles. The van der Waals surface area contributed by atoms with Crippen molar-refractivity contribution in [2.75, 3.05) is 7.11 Å². The first-order valence-electron chi connectivity index (χ1n) is 7.19. The molecule has 128 valence electrons. The van der Waals surface area contributed by atoms with Crippen LogP contribution in [-0.2, 0) is 11.3 Å². The summed E-state index contributed by atoms with van der Waals surface area (Å²) in [5.74, 6) is -2.13. The van der Waals surface area contributed by atoms with Gasteiger partial charge in [-0.2, -0.15) is 0 Å². The Morgan fingerprint density at radius 3 is 2.56 bits per heavy atom. The molecule has 3 rings (SSSR count). The van der Waals surface area contributed by atoms with Gasteiger partial charge < -0.3 is 14.4 Å². The number of hydrogen-bond donors (Lipinski definition) is 1. The Morgan fingerprint density at radius 2 is 2.00 bits per heavy atom. The molecule has 2 heterocycles. The molecule has 0 atom stereocenters. The van der Waals surface area contributed by atoms with Crippen LogP contribution in [0.5, 0.6) is 0 Å². The van der Waals surface area contributed by atoms with Crippen molar-refractivity contribution in [1.29, 1.82) is 0 Å². The fourth-order valence-corrected chi connectivity index (χ4v) is 2.85. The largest absolute Gasteiger partial charge is 0.476 e. The molecule has 0 saturated heterocycles. The van der Waals surface area contributed by atoms with Gasteiger partial charge in [-0.1, -0.05) is 0 Å². The van der Waals surface area contributed by atoms with E-state index in [1.54, 1.807) is 11.5 Å². The van der Waals surface area contributed by atoms with Crippen LogP contribution in [0.3, 0.4) is 0 Å². The summed E-state index contributed by atoms with van der Waals surface area (Å²) in [7, 11) is 1.16. The van der Waals surface area contributed by atoms with E-state index in [1.165, 1.54) is 18.2 Å². The second-order valence-electron chi connectivity index (χ2n) is 5.12. The SMILES string of the molecule is CCn1c2ccc([N+](=O)[O-])cc2c2c(C(=O)OC)nnc(C(=O)O)c21. The molecule has 0 spiro atoms. The monoisotopic (exact) mass is 344 g/mol. The molecule has 0 fully saturated rings. The van der Waals surface area contributed by atoms with E-state index < -0.39 is 16.9 Å². The number of fused-ring (bicyclic) bond motifs is 3. The molecular formula is C15H12N4O6. The number of ether oxygens (including phenoxy) is 1. The highest BCUT2D eigenvalue weighted by Gasteiger charge is 2.26. The maximum Gasteiger partial charge on any atom is 0.359 e. The van der Waals surface area contributed by atoms with Crippen LogP contribution in [0.25, 0.3) is 21.8 Å². The molecule has 0 amide bonds. The van der Waals surface area contributed by atoms with E-state index in [1.807, 2.05) is 0 Å². The molecule has 25 heavy (non-hydrogen) atoms. The number of non-ortho nitro benzene ring substituents is 1. The predicted molar refractivity (Wildman–Crippen MR) is 85.7 cm³/mol. The number of carboxylic acids is 1. The number of aryl methyl sites for hydroxylation is 1. The highest BCUT2D eigenvalue weighted by atomic mass is 16.6. The number of nitro groups is 1. The number of benzene rings is 1. The average Bonchev–Trinajstić information content (AvgIpc) is 2.93. The summed E-state index contributed by atoms with van der Waals surface area (Å²) in [6, 6.07) is 4.10. The summed E-state index contributed by atoms with van der Waals surface area (Å²) in [4.78, 5) is 34.1. The van der Waals surface area contributed by atoms with Crippen LogP contribution in [-0.4, -0.2) is 43.8 Å².